The summed E-state index contributed by atoms with van der Waals surface area (Å²) in [6.07, 6.45) is 1.58. The van der Waals surface area contributed by atoms with E-state index in [-0.39, 0.29) is 0 Å². The molecule has 3 nitrogen and oxygen atoms in total. The summed E-state index contributed by atoms with van der Waals surface area (Å²) < 4.78 is 0. The molecule has 0 aromatic rings. The summed E-state index contributed by atoms with van der Waals surface area (Å²) in [7, 11) is 3.99. The Morgan fingerprint density at radius 3 is 2.30 bits per heavy atom. The third kappa shape index (κ3) is 1.06. The van der Waals surface area contributed by atoms with Gasteiger partial charge in [-0.25, -0.2) is 0 Å². The normalized spacial score (nSPS) is 17.5. The molecule has 0 saturated carbocycles. The Balaban J connectivity index is 2.74. The minimum absolute atomic E-state index is 1.02. The molecule has 0 N–H and O–H groups in total. The smallest absolute Gasteiger partial charge is 0.114 e. The number of likely N-dealkylation sites (N-methyl/N-ethyl adjacent to an activating group) is 2. The van der Waals surface area contributed by atoms with E-state index in [1.165, 1.54) is 0 Å². The molecule has 1 saturated heterocycles. The first kappa shape index (κ1) is 6.94. The monoisotopic (exact) mass is 137 g/mol. The van der Waals surface area contributed by atoms with Gasteiger partial charge >= 0.3 is 0 Å². The van der Waals surface area contributed by atoms with Crippen LogP contribution < -0.4 is 0 Å². The summed E-state index contributed by atoms with van der Waals surface area (Å²) in [4.78, 5) is 4.15. The lowest BCUT2D eigenvalue weighted by molar-refractivity contribution is 0.423. The second-order valence-electron chi connectivity index (χ2n) is 2.47. The van der Waals surface area contributed by atoms with E-state index in [1.54, 1.807) is 6.08 Å². The number of hydrogen-bond donors (Lipinski definition) is 0. The Hall–Kier alpha value is -1.17. The van der Waals surface area contributed by atoms with E-state index in [1.807, 2.05) is 20.2 Å². The Labute approximate surface area is 61.1 Å². The second-order valence-corrected chi connectivity index (χ2v) is 2.47. The van der Waals surface area contributed by atoms with Crippen molar-refractivity contribution < 1.29 is 0 Å². The molecule has 1 heterocycles. The van der Waals surface area contributed by atoms with Crippen LogP contribution in [-0.4, -0.2) is 37.0 Å². The van der Waals surface area contributed by atoms with Crippen molar-refractivity contribution in [2.75, 3.05) is 27.2 Å². The number of nitriles is 1. The zero-order chi connectivity index (χ0) is 7.56. The molecule has 0 aromatic carbocycles. The van der Waals surface area contributed by atoms with Gasteiger partial charge in [0.15, 0.2) is 0 Å². The Kier molecular flexibility index (Phi) is 1.81. The quantitative estimate of drug-likeness (QED) is 0.448. The lowest BCUT2D eigenvalue weighted by Crippen LogP contribution is -2.15. The first-order valence-electron chi connectivity index (χ1n) is 3.28. The number of rotatable bonds is 0. The predicted octanol–water partition coefficient (Wildman–Crippen LogP) is 0.229. The van der Waals surface area contributed by atoms with Gasteiger partial charge < -0.3 is 9.80 Å². The van der Waals surface area contributed by atoms with Gasteiger partial charge in [-0.3, -0.25) is 0 Å². The summed E-state index contributed by atoms with van der Waals surface area (Å²) in [5.41, 5.74) is 0. The summed E-state index contributed by atoms with van der Waals surface area (Å²) in [5.74, 6) is 1.02. The fourth-order valence-electron chi connectivity index (χ4n) is 1.10. The predicted molar refractivity (Wildman–Crippen MR) is 39.0 cm³/mol. The largest absolute Gasteiger partial charge is 0.359 e. The topological polar surface area (TPSA) is 30.3 Å². The van der Waals surface area contributed by atoms with Crippen molar-refractivity contribution >= 4 is 0 Å². The third-order valence-electron chi connectivity index (χ3n) is 1.75. The zero-order valence-corrected chi connectivity index (χ0v) is 6.33. The van der Waals surface area contributed by atoms with Gasteiger partial charge in [0, 0.05) is 27.2 Å². The van der Waals surface area contributed by atoms with E-state index in [2.05, 4.69) is 9.80 Å². The average molecular weight is 137 g/mol. The highest BCUT2D eigenvalue weighted by Gasteiger charge is 2.16. The van der Waals surface area contributed by atoms with Crippen LogP contribution in [0.5, 0.6) is 0 Å². The van der Waals surface area contributed by atoms with E-state index in [0.717, 1.165) is 18.9 Å². The van der Waals surface area contributed by atoms with Crippen molar-refractivity contribution in [1.82, 2.24) is 9.80 Å². The highest BCUT2D eigenvalue weighted by atomic mass is 15.4. The first-order valence-corrected chi connectivity index (χ1v) is 3.28. The number of allylic oxidation sites excluding steroid dienone is 1. The molecule has 0 spiro atoms. The molecule has 0 aromatic heterocycles. The van der Waals surface area contributed by atoms with Crippen LogP contribution in [-0.2, 0) is 0 Å². The standard InChI is InChI=1S/C7H11N3/c1-9-5-6-10(2)7(9)3-4-8/h3H,5-6H2,1-2H3. The fourth-order valence-corrected chi connectivity index (χ4v) is 1.10. The van der Waals surface area contributed by atoms with Crippen LogP contribution in [0.1, 0.15) is 0 Å². The van der Waals surface area contributed by atoms with Crippen LogP contribution in [0.2, 0.25) is 0 Å². The van der Waals surface area contributed by atoms with Gasteiger partial charge in [0.1, 0.15) is 5.82 Å². The van der Waals surface area contributed by atoms with Gasteiger partial charge in [-0.1, -0.05) is 0 Å². The van der Waals surface area contributed by atoms with Crippen molar-refractivity contribution in [1.29, 1.82) is 5.26 Å². The highest BCUT2D eigenvalue weighted by Crippen LogP contribution is 2.12. The van der Waals surface area contributed by atoms with Crippen LogP contribution in [0.25, 0.3) is 0 Å². The molecule has 0 unspecified atom stereocenters. The molecule has 0 amide bonds. The molecule has 1 fully saturated rings. The van der Waals surface area contributed by atoms with Crippen molar-refractivity contribution in [3.63, 3.8) is 0 Å². The zero-order valence-electron chi connectivity index (χ0n) is 6.33. The molecule has 0 radical (unpaired) electrons. The van der Waals surface area contributed by atoms with Gasteiger partial charge in [-0.15, -0.1) is 0 Å². The van der Waals surface area contributed by atoms with Crippen molar-refractivity contribution in [2.24, 2.45) is 0 Å². The molecule has 0 atom stereocenters. The van der Waals surface area contributed by atoms with E-state index in [0.29, 0.717) is 0 Å². The Morgan fingerprint density at radius 2 is 1.90 bits per heavy atom. The lowest BCUT2D eigenvalue weighted by atomic mass is 10.5. The number of hydrogen-bond acceptors (Lipinski definition) is 3. The summed E-state index contributed by atoms with van der Waals surface area (Å²) >= 11 is 0. The summed E-state index contributed by atoms with van der Waals surface area (Å²) in [5, 5.41) is 8.38. The van der Waals surface area contributed by atoms with E-state index >= 15 is 0 Å². The Morgan fingerprint density at radius 1 is 1.40 bits per heavy atom. The van der Waals surface area contributed by atoms with E-state index < -0.39 is 0 Å². The van der Waals surface area contributed by atoms with Crippen molar-refractivity contribution in [3.8, 4) is 6.07 Å². The molecule has 1 rings (SSSR count). The summed E-state index contributed by atoms with van der Waals surface area (Å²) in [6.45, 7) is 2.04. The molecule has 3 heteroatoms. The van der Waals surface area contributed by atoms with Crippen LogP contribution in [0.3, 0.4) is 0 Å². The molecule has 0 aliphatic carbocycles. The first-order chi connectivity index (χ1) is 4.75. The highest BCUT2D eigenvalue weighted by molar-refractivity contribution is 5.13. The maximum absolute atomic E-state index is 8.38. The molecule has 0 bridgehead atoms. The van der Waals surface area contributed by atoms with Gasteiger partial charge in [0.25, 0.3) is 0 Å². The van der Waals surface area contributed by atoms with Crippen molar-refractivity contribution in [3.05, 3.63) is 11.9 Å². The SMILES string of the molecule is CN1CCN(C)C1=CC#N. The maximum atomic E-state index is 8.38. The molecular formula is C7H11N3. The fraction of sp³-hybridized carbons (Fsp3) is 0.571. The van der Waals surface area contributed by atoms with Crippen LogP contribution in [0, 0.1) is 11.3 Å². The van der Waals surface area contributed by atoms with Crippen LogP contribution in [0.4, 0.5) is 0 Å². The summed E-state index contributed by atoms with van der Waals surface area (Å²) in [6, 6.07) is 2.03. The minimum Gasteiger partial charge on any atom is -0.359 e. The van der Waals surface area contributed by atoms with Gasteiger partial charge in [-0.05, 0) is 0 Å². The molecule has 10 heavy (non-hydrogen) atoms. The third-order valence-corrected chi connectivity index (χ3v) is 1.75. The molecule has 54 valence electrons. The Bertz CT molecular complexity index is 178. The van der Waals surface area contributed by atoms with Gasteiger partial charge in [-0.2, -0.15) is 5.26 Å². The lowest BCUT2D eigenvalue weighted by Gasteiger charge is -2.15. The molecular weight excluding hydrogens is 126 g/mol. The van der Waals surface area contributed by atoms with E-state index in [9.17, 15) is 0 Å². The second kappa shape index (κ2) is 2.61. The van der Waals surface area contributed by atoms with Gasteiger partial charge in [0.2, 0.25) is 0 Å². The average Bonchev–Trinajstić information content (AvgIpc) is 2.20. The van der Waals surface area contributed by atoms with Crippen LogP contribution >= 0.6 is 0 Å². The van der Waals surface area contributed by atoms with Crippen molar-refractivity contribution in [2.45, 2.75) is 0 Å². The molecule has 1 aliphatic heterocycles. The van der Waals surface area contributed by atoms with E-state index in [4.69, 9.17) is 5.26 Å². The molecule has 1 aliphatic rings. The van der Waals surface area contributed by atoms with Gasteiger partial charge in [0.05, 0.1) is 12.1 Å². The maximum Gasteiger partial charge on any atom is 0.114 e. The van der Waals surface area contributed by atoms with Crippen LogP contribution in [0.15, 0.2) is 11.9 Å². The number of nitrogens with zero attached hydrogens (tertiary/aromatic N) is 3. The minimum atomic E-state index is 1.02.